The quantitative estimate of drug-likeness (QED) is 0.558. The van der Waals surface area contributed by atoms with Gasteiger partial charge in [-0.15, -0.1) is 0 Å². The molecule has 3 N–H and O–H groups in total. The maximum absolute atomic E-state index is 5.87. The lowest BCUT2D eigenvalue weighted by Crippen LogP contribution is -1.98. The van der Waals surface area contributed by atoms with Gasteiger partial charge in [-0.2, -0.15) is 0 Å². The summed E-state index contributed by atoms with van der Waals surface area (Å²) >= 11 is 5.87. The number of hydrogen-bond acceptors (Lipinski definition) is 4. The minimum atomic E-state index is 0.285. The molecular formula is C7H7ClN4O. The highest BCUT2D eigenvalue weighted by Crippen LogP contribution is 2.22. The molecule has 2 aromatic heterocycles. The third-order valence-electron chi connectivity index (χ3n) is 1.74. The number of H-pyrrole nitrogens is 1. The van der Waals surface area contributed by atoms with Gasteiger partial charge in [-0.05, 0) is 0 Å². The van der Waals surface area contributed by atoms with Crippen LogP contribution in [0.4, 0.5) is 0 Å². The number of fused-ring (bicyclic) bond motifs is 1. The number of rotatable bonds is 2. The summed E-state index contributed by atoms with van der Waals surface area (Å²) in [5.41, 5.74) is 1.54. The molecule has 0 amide bonds. The molecule has 0 aliphatic rings. The summed E-state index contributed by atoms with van der Waals surface area (Å²) in [5.74, 6) is 4.96. The lowest BCUT2D eigenvalue weighted by molar-refractivity contribution is 0.125. The highest BCUT2D eigenvalue weighted by molar-refractivity contribution is 6.34. The molecule has 5 nitrogen and oxygen atoms in total. The zero-order valence-electron chi connectivity index (χ0n) is 6.62. The predicted octanol–water partition coefficient (Wildman–Crippen LogP) is 1.00. The van der Waals surface area contributed by atoms with Crippen molar-refractivity contribution in [2.24, 2.45) is 5.90 Å². The van der Waals surface area contributed by atoms with E-state index in [0.717, 1.165) is 10.9 Å². The van der Waals surface area contributed by atoms with Gasteiger partial charge in [0.1, 0.15) is 17.1 Å². The van der Waals surface area contributed by atoms with Gasteiger partial charge in [0.15, 0.2) is 0 Å². The lowest BCUT2D eigenvalue weighted by Gasteiger charge is -1.96. The molecule has 0 fully saturated rings. The first kappa shape index (κ1) is 8.43. The third-order valence-corrected chi connectivity index (χ3v) is 2.03. The number of aromatic nitrogens is 3. The van der Waals surface area contributed by atoms with E-state index < -0.39 is 0 Å². The normalized spacial score (nSPS) is 10.9. The van der Waals surface area contributed by atoms with Crippen LogP contribution in [0.25, 0.3) is 11.0 Å². The van der Waals surface area contributed by atoms with E-state index in [0.29, 0.717) is 10.8 Å². The number of nitrogens with one attached hydrogen (secondary N) is 1. The number of hydrogen-bond donors (Lipinski definition) is 2. The van der Waals surface area contributed by atoms with Crippen LogP contribution in [0, 0.1) is 0 Å². The second-order valence-corrected chi connectivity index (χ2v) is 2.87. The zero-order chi connectivity index (χ0) is 9.26. The summed E-state index contributed by atoms with van der Waals surface area (Å²) in [4.78, 5) is 15.3. The molecule has 0 unspecified atom stereocenters. The third kappa shape index (κ3) is 1.37. The highest BCUT2D eigenvalue weighted by atomic mass is 35.5. The van der Waals surface area contributed by atoms with Crippen molar-refractivity contribution in [1.29, 1.82) is 0 Å². The van der Waals surface area contributed by atoms with Crippen molar-refractivity contribution in [1.82, 2.24) is 15.0 Å². The second kappa shape index (κ2) is 3.29. The fourth-order valence-corrected chi connectivity index (χ4v) is 1.44. The van der Waals surface area contributed by atoms with E-state index >= 15 is 0 Å². The van der Waals surface area contributed by atoms with Crippen molar-refractivity contribution in [2.45, 2.75) is 6.61 Å². The molecule has 6 heteroatoms. The van der Waals surface area contributed by atoms with Crippen LogP contribution >= 0.6 is 11.6 Å². The van der Waals surface area contributed by atoms with Crippen molar-refractivity contribution >= 4 is 22.6 Å². The van der Waals surface area contributed by atoms with Crippen LogP contribution in [-0.4, -0.2) is 15.0 Å². The van der Waals surface area contributed by atoms with Gasteiger partial charge in [-0.1, -0.05) is 11.6 Å². The van der Waals surface area contributed by atoms with Crippen molar-refractivity contribution < 1.29 is 4.84 Å². The number of nitrogens with zero attached hydrogens (tertiary/aromatic N) is 2. The Morgan fingerprint density at radius 1 is 1.54 bits per heavy atom. The summed E-state index contributed by atoms with van der Waals surface area (Å²) in [6.45, 7) is 0.285. The first-order valence-corrected chi connectivity index (χ1v) is 3.99. The van der Waals surface area contributed by atoms with Gasteiger partial charge in [0.25, 0.3) is 0 Å². The lowest BCUT2D eigenvalue weighted by atomic mass is 10.2. The van der Waals surface area contributed by atoms with E-state index in [1.165, 1.54) is 6.33 Å². The van der Waals surface area contributed by atoms with Gasteiger partial charge in [0.2, 0.25) is 0 Å². The zero-order valence-corrected chi connectivity index (χ0v) is 7.38. The molecule has 0 saturated heterocycles. The average molecular weight is 199 g/mol. The SMILES string of the molecule is NOCc1c[nH]c2ncnc(Cl)c12. The Balaban J connectivity index is 2.64. The van der Waals surface area contributed by atoms with Crippen LogP contribution in [0.3, 0.4) is 0 Å². The van der Waals surface area contributed by atoms with E-state index in [9.17, 15) is 0 Å². The molecular weight excluding hydrogens is 192 g/mol. The highest BCUT2D eigenvalue weighted by Gasteiger charge is 2.08. The second-order valence-electron chi connectivity index (χ2n) is 2.51. The molecule has 0 aliphatic carbocycles. The van der Waals surface area contributed by atoms with Gasteiger partial charge in [-0.3, -0.25) is 4.84 Å². The maximum atomic E-state index is 5.87. The summed E-state index contributed by atoms with van der Waals surface area (Å²) in [6.07, 6.45) is 3.15. The molecule has 2 aromatic rings. The van der Waals surface area contributed by atoms with Crippen LogP contribution in [0.2, 0.25) is 5.15 Å². The molecule has 2 heterocycles. The van der Waals surface area contributed by atoms with E-state index in [-0.39, 0.29) is 6.61 Å². The Morgan fingerprint density at radius 2 is 2.38 bits per heavy atom. The molecule has 68 valence electrons. The molecule has 0 aliphatic heterocycles. The van der Waals surface area contributed by atoms with E-state index in [1.54, 1.807) is 6.20 Å². The van der Waals surface area contributed by atoms with Crippen molar-refractivity contribution in [3.8, 4) is 0 Å². The fraction of sp³-hybridized carbons (Fsp3) is 0.143. The Bertz CT molecular complexity index is 427. The van der Waals surface area contributed by atoms with Crippen LogP contribution in [0.15, 0.2) is 12.5 Å². The Morgan fingerprint density at radius 3 is 3.15 bits per heavy atom. The number of aromatic amines is 1. The van der Waals surface area contributed by atoms with Crippen LogP contribution in [0.5, 0.6) is 0 Å². The number of halogens is 1. The summed E-state index contributed by atoms with van der Waals surface area (Å²) < 4.78 is 0. The van der Waals surface area contributed by atoms with Gasteiger partial charge in [0, 0.05) is 11.8 Å². The topological polar surface area (TPSA) is 76.8 Å². The first-order valence-electron chi connectivity index (χ1n) is 3.61. The Kier molecular flexibility index (Phi) is 2.13. The molecule has 0 radical (unpaired) electrons. The molecule has 0 atom stereocenters. The van der Waals surface area contributed by atoms with E-state index in [2.05, 4.69) is 19.8 Å². The monoisotopic (exact) mass is 198 g/mol. The molecule has 0 bridgehead atoms. The maximum Gasteiger partial charge on any atom is 0.142 e. The van der Waals surface area contributed by atoms with Crippen molar-refractivity contribution in [3.05, 3.63) is 23.2 Å². The summed E-state index contributed by atoms with van der Waals surface area (Å²) in [7, 11) is 0. The summed E-state index contributed by atoms with van der Waals surface area (Å²) in [5, 5.41) is 1.16. The predicted molar refractivity (Wildman–Crippen MR) is 47.9 cm³/mol. The average Bonchev–Trinajstić information content (AvgIpc) is 2.51. The standard InChI is InChI=1S/C7H7ClN4O/c8-6-5-4(2-13-9)1-10-7(5)12-3-11-6/h1,3H,2,9H2,(H,10,11,12). The Hall–Kier alpha value is -1.17. The minimum Gasteiger partial charge on any atom is -0.346 e. The van der Waals surface area contributed by atoms with Gasteiger partial charge in [0.05, 0.1) is 12.0 Å². The molecule has 0 aromatic carbocycles. The van der Waals surface area contributed by atoms with Gasteiger partial charge in [-0.25, -0.2) is 15.9 Å². The molecule has 2 rings (SSSR count). The van der Waals surface area contributed by atoms with Crippen LogP contribution in [-0.2, 0) is 11.4 Å². The van der Waals surface area contributed by atoms with E-state index in [1.807, 2.05) is 0 Å². The molecule has 0 saturated carbocycles. The first-order chi connectivity index (χ1) is 6.33. The Labute approximate surface area is 78.8 Å². The molecule has 13 heavy (non-hydrogen) atoms. The van der Waals surface area contributed by atoms with Crippen molar-refractivity contribution in [2.75, 3.05) is 0 Å². The van der Waals surface area contributed by atoms with Crippen LogP contribution < -0.4 is 5.90 Å². The summed E-state index contributed by atoms with van der Waals surface area (Å²) in [6, 6.07) is 0. The fourth-order valence-electron chi connectivity index (χ4n) is 1.19. The largest absolute Gasteiger partial charge is 0.346 e. The minimum absolute atomic E-state index is 0.285. The van der Waals surface area contributed by atoms with Gasteiger partial charge >= 0.3 is 0 Å². The van der Waals surface area contributed by atoms with E-state index in [4.69, 9.17) is 17.5 Å². The van der Waals surface area contributed by atoms with Crippen molar-refractivity contribution in [3.63, 3.8) is 0 Å². The van der Waals surface area contributed by atoms with Crippen LogP contribution in [0.1, 0.15) is 5.56 Å². The smallest absolute Gasteiger partial charge is 0.142 e. The number of nitrogens with two attached hydrogens (primary N) is 1. The molecule has 0 spiro atoms. The van der Waals surface area contributed by atoms with Gasteiger partial charge < -0.3 is 4.98 Å².